The van der Waals surface area contributed by atoms with Crippen LogP contribution in [-0.2, 0) is 11.3 Å². The molecule has 0 fully saturated rings. The first-order valence-electron chi connectivity index (χ1n) is 5.15. The maximum Gasteiger partial charge on any atom is 0.326 e. The van der Waals surface area contributed by atoms with Crippen LogP contribution >= 0.6 is 11.3 Å². The van der Waals surface area contributed by atoms with Gasteiger partial charge in [-0.1, -0.05) is 13.8 Å². The highest BCUT2D eigenvalue weighted by Gasteiger charge is 2.23. The Balaban J connectivity index is 2.40. The molecule has 0 aliphatic carbocycles. The number of rotatable bonds is 5. The van der Waals surface area contributed by atoms with Crippen LogP contribution < -0.4 is 10.6 Å². The van der Waals surface area contributed by atoms with Crippen LogP contribution in [0.4, 0.5) is 4.79 Å². The fraction of sp³-hybridized carbons (Fsp3) is 0.500. The monoisotopic (exact) mass is 257 g/mol. The van der Waals surface area contributed by atoms with E-state index in [0.29, 0.717) is 6.54 Å². The second kappa shape index (κ2) is 6.19. The molecular formula is C10H15N3O3S. The highest BCUT2D eigenvalue weighted by atomic mass is 32.1. The summed E-state index contributed by atoms with van der Waals surface area (Å²) < 4.78 is 0. The van der Waals surface area contributed by atoms with E-state index < -0.39 is 18.0 Å². The minimum atomic E-state index is -1.03. The van der Waals surface area contributed by atoms with Crippen molar-refractivity contribution in [2.45, 2.75) is 26.4 Å². The normalized spacial score (nSPS) is 12.2. The molecule has 1 aromatic rings. The number of carboxylic acid groups (broad SMARTS) is 1. The van der Waals surface area contributed by atoms with Gasteiger partial charge in [-0.05, 0) is 5.92 Å². The number of hydrogen-bond donors (Lipinski definition) is 3. The molecule has 0 aromatic carbocycles. The molecule has 17 heavy (non-hydrogen) atoms. The molecule has 0 spiro atoms. The molecule has 1 rings (SSSR count). The van der Waals surface area contributed by atoms with Crippen molar-refractivity contribution in [3.8, 4) is 0 Å². The first-order chi connectivity index (χ1) is 8.00. The lowest BCUT2D eigenvalue weighted by atomic mass is 10.1. The van der Waals surface area contributed by atoms with Crippen molar-refractivity contribution in [1.29, 1.82) is 0 Å². The van der Waals surface area contributed by atoms with Gasteiger partial charge < -0.3 is 15.7 Å². The zero-order valence-electron chi connectivity index (χ0n) is 9.64. The van der Waals surface area contributed by atoms with Crippen LogP contribution in [0.1, 0.15) is 18.7 Å². The number of nitrogens with zero attached hydrogens (tertiary/aromatic N) is 1. The first-order valence-corrected chi connectivity index (χ1v) is 6.03. The predicted molar refractivity (Wildman–Crippen MR) is 63.7 cm³/mol. The molecule has 3 N–H and O–H groups in total. The first kappa shape index (κ1) is 13.4. The third kappa shape index (κ3) is 4.39. The number of aromatic nitrogens is 1. The van der Waals surface area contributed by atoms with Crippen LogP contribution in [0.15, 0.2) is 11.7 Å². The van der Waals surface area contributed by atoms with Gasteiger partial charge in [0.15, 0.2) is 0 Å². The lowest BCUT2D eigenvalue weighted by Gasteiger charge is -2.17. The molecule has 6 nitrogen and oxygen atoms in total. The van der Waals surface area contributed by atoms with E-state index in [2.05, 4.69) is 15.6 Å². The van der Waals surface area contributed by atoms with Crippen molar-refractivity contribution in [1.82, 2.24) is 15.6 Å². The quantitative estimate of drug-likeness (QED) is 0.735. The van der Waals surface area contributed by atoms with Gasteiger partial charge in [-0.25, -0.2) is 9.59 Å². The van der Waals surface area contributed by atoms with E-state index >= 15 is 0 Å². The fourth-order valence-electron chi connectivity index (χ4n) is 1.20. The Morgan fingerprint density at radius 3 is 2.71 bits per heavy atom. The van der Waals surface area contributed by atoms with Crippen LogP contribution in [0.3, 0.4) is 0 Å². The SMILES string of the molecule is CC(C)C(NC(=O)NCc1cncs1)C(=O)O. The molecule has 0 radical (unpaired) electrons. The van der Waals surface area contributed by atoms with Crippen LogP contribution in [0.5, 0.6) is 0 Å². The molecule has 94 valence electrons. The summed E-state index contributed by atoms with van der Waals surface area (Å²) in [7, 11) is 0. The van der Waals surface area contributed by atoms with E-state index in [4.69, 9.17) is 5.11 Å². The van der Waals surface area contributed by atoms with Crippen molar-refractivity contribution >= 4 is 23.3 Å². The zero-order valence-corrected chi connectivity index (χ0v) is 10.5. The van der Waals surface area contributed by atoms with Gasteiger partial charge in [-0.15, -0.1) is 11.3 Å². The minimum Gasteiger partial charge on any atom is -0.480 e. The molecule has 1 atom stereocenters. The summed E-state index contributed by atoms with van der Waals surface area (Å²) in [5.74, 6) is -1.20. The number of hydrogen-bond acceptors (Lipinski definition) is 4. The Labute approximate surface area is 103 Å². The summed E-state index contributed by atoms with van der Waals surface area (Å²) in [5, 5.41) is 13.9. The van der Waals surface area contributed by atoms with Gasteiger partial charge in [0.1, 0.15) is 6.04 Å². The van der Waals surface area contributed by atoms with E-state index in [1.807, 2.05) is 0 Å². The number of nitrogens with one attached hydrogen (secondary N) is 2. The summed E-state index contributed by atoms with van der Waals surface area (Å²) in [6.45, 7) is 3.82. The van der Waals surface area contributed by atoms with Crippen molar-refractivity contribution in [2.75, 3.05) is 0 Å². The molecule has 0 bridgehead atoms. The Bertz CT molecular complexity index is 378. The second-order valence-corrected chi connectivity index (χ2v) is 4.83. The van der Waals surface area contributed by atoms with E-state index in [1.165, 1.54) is 11.3 Å². The highest BCUT2D eigenvalue weighted by molar-refractivity contribution is 7.09. The number of aliphatic carboxylic acids is 1. The Kier molecular flexibility index (Phi) is 4.89. The fourth-order valence-corrected chi connectivity index (χ4v) is 1.74. The Morgan fingerprint density at radius 1 is 1.53 bits per heavy atom. The number of carboxylic acids is 1. The van der Waals surface area contributed by atoms with Gasteiger partial charge in [-0.3, -0.25) is 4.98 Å². The number of carbonyl (C=O) groups excluding carboxylic acids is 1. The summed E-state index contributed by atoms with van der Waals surface area (Å²) in [5.41, 5.74) is 1.67. The van der Waals surface area contributed by atoms with E-state index in [0.717, 1.165) is 4.88 Å². The average Bonchev–Trinajstić information content (AvgIpc) is 2.74. The molecule has 2 amide bonds. The zero-order chi connectivity index (χ0) is 12.8. The number of amides is 2. The molecular weight excluding hydrogens is 242 g/mol. The van der Waals surface area contributed by atoms with E-state index in [9.17, 15) is 9.59 Å². The summed E-state index contributed by atoms with van der Waals surface area (Å²) >= 11 is 1.43. The van der Waals surface area contributed by atoms with Gasteiger partial charge in [0, 0.05) is 11.1 Å². The van der Waals surface area contributed by atoms with E-state index in [1.54, 1.807) is 25.6 Å². The molecule has 1 aromatic heterocycles. The average molecular weight is 257 g/mol. The highest BCUT2D eigenvalue weighted by Crippen LogP contribution is 2.04. The van der Waals surface area contributed by atoms with Crippen molar-refractivity contribution in [3.63, 3.8) is 0 Å². The van der Waals surface area contributed by atoms with Crippen molar-refractivity contribution in [2.24, 2.45) is 5.92 Å². The molecule has 7 heteroatoms. The maximum atomic E-state index is 11.5. The van der Waals surface area contributed by atoms with Gasteiger partial charge in [0.25, 0.3) is 0 Å². The maximum absolute atomic E-state index is 11.5. The van der Waals surface area contributed by atoms with Crippen molar-refractivity contribution < 1.29 is 14.7 Å². The Hall–Kier alpha value is -1.63. The molecule has 1 unspecified atom stereocenters. The van der Waals surface area contributed by atoms with Crippen LogP contribution in [0, 0.1) is 5.92 Å². The summed E-state index contributed by atoms with van der Waals surface area (Å²) in [6, 6.07) is -1.36. The van der Waals surface area contributed by atoms with Crippen LogP contribution in [0.25, 0.3) is 0 Å². The van der Waals surface area contributed by atoms with Crippen LogP contribution in [-0.4, -0.2) is 28.1 Å². The molecule has 1 heterocycles. The summed E-state index contributed by atoms with van der Waals surface area (Å²) in [4.78, 5) is 27.1. The van der Waals surface area contributed by atoms with E-state index in [-0.39, 0.29) is 5.92 Å². The smallest absolute Gasteiger partial charge is 0.326 e. The van der Waals surface area contributed by atoms with Gasteiger partial charge in [-0.2, -0.15) is 0 Å². The van der Waals surface area contributed by atoms with Crippen molar-refractivity contribution in [3.05, 3.63) is 16.6 Å². The molecule has 0 saturated carbocycles. The van der Waals surface area contributed by atoms with Gasteiger partial charge in [0.05, 0.1) is 12.1 Å². The Morgan fingerprint density at radius 2 is 2.24 bits per heavy atom. The predicted octanol–water partition coefficient (Wildman–Crippen LogP) is 1.05. The third-order valence-electron chi connectivity index (χ3n) is 2.13. The third-order valence-corrected chi connectivity index (χ3v) is 2.91. The largest absolute Gasteiger partial charge is 0.480 e. The molecule has 0 aliphatic heterocycles. The van der Waals surface area contributed by atoms with Gasteiger partial charge in [0.2, 0.25) is 0 Å². The number of thiazole rings is 1. The van der Waals surface area contributed by atoms with Crippen LogP contribution in [0.2, 0.25) is 0 Å². The molecule has 0 aliphatic rings. The lowest BCUT2D eigenvalue weighted by molar-refractivity contribution is -0.140. The summed E-state index contributed by atoms with van der Waals surface area (Å²) in [6.07, 6.45) is 1.65. The standard InChI is InChI=1S/C10H15N3O3S/c1-6(2)8(9(14)15)13-10(16)12-4-7-3-11-5-17-7/h3,5-6,8H,4H2,1-2H3,(H,14,15)(H2,12,13,16). The van der Waals surface area contributed by atoms with Gasteiger partial charge >= 0.3 is 12.0 Å². The number of carbonyl (C=O) groups is 2. The minimum absolute atomic E-state index is 0.165. The topological polar surface area (TPSA) is 91.3 Å². The lowest BCUT2D eigenvalue weighted by Crippen LogP contribution is -2.48. The second-order valence-electron chi connectivity index (χ2n) is 3.85. The number of urea groups is 1. The molecule has 0 saturated heterocycles.